The Morgan fingerprint density at radius 1 is 1.08 bits per heavy atom. The molecule has 0 saturated heterocycles. The molecule has 120 valence electrons. The number of aromatic hydroxyl groups is 1. The van der Waals surface area contributed by atoms with E-state index in [1.54, 1.807) is 24.3 Å². The van der Waals surface area contributed by atoms with E-state index < -0.39 is 5.97 Å². The average molecular weight is 321 g/mol. The number of phenolic OH excluding ortho intramolecular Hbond substituents is 1. The van der Waals surface area contributed by atoms with Crippen molar-refractivity contribution in [3.63, 3.8) is 0 Å². The van der Waals surface area contributed by atoms with E-state index in [-0.39, 0.29) is 11.3 Å². The van der Waals surface area contributed by atoms with Gasteiger partial charge in [0.15, 0.2) is 11.5 Å². The van der Waals surface area contributed by atoms with E-state index in [1.165, 1.54) is 13.2 Å². The zero-order chi connectivity index (χ0) is 17.1. The Kier molecular flexibility index (Phi) is 4.16. The number of hydrogen-bond donors (Lipinski definition) is 2. The zero-order valence-electron chi connectivity index (χ0n) is 12.9. The molecule has 3 aromatic rings. The van der Waals surface area contributed by atoms with Crippen LogP contribution in [0.1, 0.15) is 21.6 Å². The van der Waals surface area contributed by atoms with Crippen LogP contribution in [0, 0.1) is 0 Å². The minimum Gasteiger partial charge on any atom is -0.504 e. The van der Waals surface area contributed by atoms with Crippen LogP contribution < -0.4 is 4.74 Å². The molecule has 0 bridgehead atoms. The lowest BCUT2D eigenvalue weighted by molar-refractivity contribution is 0.0697. The van der Waals surface area contributed by atoms with Crippen LogP contribution >= 0.6 is 0 Å². The van der Waals surface area contributed by atoms with Gasteiger partial charge in [0, 0.05) is 5.39 Å². The van der Waals surface area contributed by atoms with Gasteiger partial charge in [-0.3, -0.25) is 0 Å². The molecule has 0 aliphatic carbocycles. The van der Waals surface area contributed by atoms with E-state index in [9.17, 15) is 9.90 Å². The molecule has 0 spiro atoms. The molecule has 2 N–H and O–H groups in total. The first-order valence-corrected chi connectivity index (χ1v) is 7.26. The number of phenols is 1. The summed E-state index contributed by atoms with van der Waals surface area (Å²) >= 11 is 0. The molecule has 1 aromatic heterocycles. The summed E-state index contributed by atoms with van der Waals surface area (Å²) in [7, 11) is 1.50. The molecule has 5 heteroatoms. The van der Waals surface area contributed by atoms with E-state index in [4.69, 9.17) is 9.84 Å². The Morgan fingerprint density at radius 3 is 2.62 bits per heavy atom. The summed E-state index contributed by atoms with van der Waals surface area (Å²) in [5.74, 6) is -0.460. The number of fused-ring (bicyclic) bond motifs is 1. The summed E-state index contributed by atoms with van der Waals surface area (Å²) in [4.78, 5) is 15.5. The quantitative estimate of drug-likeness (QED) is 0.763. The first-order valence-electron chi connectivity index (χ1n) is 7.26. The number of benzene rings is 2. The van der Waals surface area contributed by atoms with Crippen molar-refractivity contribution < 1.29 is 19.7 Å². The summed E-state index contributed by atoms with van der Waals surface area (Å²) in [5, 5.41) is 19.6. The smallest absolute Gasteiger partial charge is 0.335 e. The lowest BCUT2D eigenvalue weighted by atomic mass is 10.1. The van der Waals surface area contributed by atoms with Gasteiger partial charge in [-0.2, -0.15) is 0 Å². The van der Waals surface area contributed by atoms with Gasteiger partial charge >= 0.3 is 5.97 Å². The van der Waals surface area contributed by atoms with Gasteiger partial charge in [-0.25, -0.2) is 9.78 Å². The monoisotopic (exact) mass is 321 g/mol. The van der Waals surface area contributed by atoms with Crippen LogP contribution in [-0.2, 0) is 0 Å². The second kappa shape index (κ2) is 6.42. The van der Waals surface area contributed by atoms with Crippen LogP contribution in [-0.4, -0.2) is 28.3 Å². The number of pyridine rings is 1. The number of methoxy groups -OCH3 is 1. The minimum absolute atomic E-state index is 0.0762. The summed E-state index contributed by atoms with van der Waals surface area (Å²) in [5.41, 5.74) is 2.51. The fourth-order valence-electron chi connectivity index (χ4n) is 2.36. The second-order valence-electron chi connectivity index (χ2n) is 5.21. The number of aromatic carboxylic acids is 1. The van der Waals surface area contributed by atoms with Crippen molar-refractivity contribution in [3.05, 3.63) is 65.4 Å². The Morgan fingerprint density at radius 2 is 1.92 bits per heavy atom. The lowest BCUT2D eigenvalue weighted by Gasteiger charge is -2.03. The van der Waals surface area contributed by atoms with Crippen molar-refractivity contribution in [2.24, 2.45) is 0 Å². The topological polar surface area (TPSA) is 79.7 Å². The first-order chi connectivity index (χ1) is 11.6. The predicted octanol–water partition coefficient (Wildman–Crippen LogP) is 3.82. The number of ether oxygens (including phenoxy) is 1. The number of nitrogens with zero attached hydrogens (tertiary/aromatic N) is 1. The summed E-state index contributed by atoms with van der Waals surface area (Å²) in [6.07, 6.45) is 3.66. The highest BCUT2D eigenvalue weighted by Crippen LogP contribution is 2.27. The highest BCUT2D eigenvalue weighted by molar-refractivity contribution is 5.93. The fraction of sp³-hybridized carbons (Fsp3) is 0.0526. The van der Waals surface area contributed by atoms with Gasteiger partial charge in [0.2, 0.25) is 0 Å². The number of carboxylic acid groups (broad SMARTS) is 1. The summed E-state index contributed by atoms with van der Waals surface area (Å²) < 4.78 is 5.01. The van der Waals surface area contributed by atoms with Crippen molar-refractivity contribution in [2.75, 3.05) is 7.11 Å². The lowest BCUT2D eigenvalue weighted by Crippen LogP contribution is -1.95. The predicted molar refractivity (Wildman–Crippen MR) is 92.3 cm³/mol. The van der Waals surface area contributed by atoms with Gasteiger partial charge in [-0.05, 0) is 48.0 Å². The number of rotatable bonds is 4. The number of carbonyl (C=O) groups is 1. The second-order valence-corrected chi connectivity index (χ2v) is 5.21. The molecule has 2 aromatic carbocycles. The maximum Gasteiger partial charge on any atom is 0.335 e. The van der Waals surface area contributed by atoms with Gasteiger partial charge < -0.3 is 14.9 Å². The molecule has 0 atom stereocenters. The van der Waals surface area contributed by atoms with Crippen LogP contribution in [0.2, 0.25) is 0 Å². The molecule has 0 aliphatic rings. The highest BCUT2D eigenvalue weighted by atomic mass is 16.5. The van der Waals surface area contributed by atoms with Gasteiger partial charge in [0.1, 0.15) is 0 Å². The van der Waals surface area contributed by atoms with Crippen molar-refractivity contribution in [3.8, 4) is 11.5 Å². The summed E-state index contributed by atoms with van der Waals surface area (Å²) in [6.45, 7) is 0. The van der Waals surface area contributed by atoms with Crippen molar-refractivity contribution in [1.29, 1.82) is 0 Å². The van der Waals surface area contributed by atoms with Gasteiger partial charge in [-0.15, -0.1) is 0 Å². The molecule has 3 rings (SSSR count). The van der Waals surface area contributed by atoms with Crippen LogP contribution in [0.5, 0.6) is 11.5 Å². The van der Waals surface area contributed by atoms with Gasteiger partial charge in [0.05, 0.1) is 23.9 Å². The molecule has 0 amide bonds. The third-order valence-corrected chi connectivity index (χ3v) is 3.61. The van der Waals surface area contributed by atoms with Gasteiger partial charge in [-0.1, -0.05) is 18.2 Å². The molecule has 0 radical (unpaired) electrons. The molecule has 1 heterocycles. The number of aromatic nitrogens is 1. The Hall–Kier alpha value is -3.34. The average Bonchev–Trinajstić information content (AvgIpc) is 2.59. The molecular weight excluding hydrogens is 306 g/mol. The van der Waals surface area contributed by atoms with Crippen molar-refractivity contribution in [2.45, 2.75) is 0 Å². The number of carboxylic acids is 1. The highest BCUT2D eigenvalue weighted by Gasteiger charge is 2.04. The van der Waals surface area contributed by atoms with Crippen LogP contribution in [0.3, 0.4) is 0 Å². The Labute approximate surface area is 138 Å². The Balaban J connectivity index is 1.88. The van der Waals surface area contributed by atoms with E-state index in [0.29, 0.717) is 5.75 Å². The van der Waals surface area contributed by atoms with Crippen molar-refractivity contribution in [1.82, 2.24) is 4.98 Å². The molecular formula is C19H15NO4. The van der Waals surface area contributed by atoms with Crippen LogP contribution in [0.15, 0.2) is 48.5 Å². The first kappa shape index (κ1) is 15.6. The van der Waals surface area contributed by atoms with Crippen LogP contribution in [0.25, 0.3) is 23.1 Å². The van der Waals surface area contributed by atoms with Crippen LogP contribution in [0.4, 0.5) is 0 Å². The normalized spacial score (nSPS) is 11.0. The molecule has 0 unspecified atom stereocenters. The Bertz CT molecular complexity index is 947. The van der Waals surface area contributed by atoms with E-state index in [0.717, 1.165) is 22.2 Å². The maximum absolute atomic E-state index is 11.0. The fourth-order valence-corrected chi connectivity index (χ4v) is 2.36. The standard InChI is InChI=1S/C19H15NO4/c1-24-18-9-3-12(10-17(18)21)2-6-15-7-4-13-11-14(19(22)23)5-8-16(13)20-15/h2-11,21H,1H3,(H,22,23). The van der Waals surface area contributed by atoms with Gasteiger partial charge in [0.25, 0.3) is 0 Å². The zero-order valence-corrected chi connectivity index (χ0v) is 12.9. The molecule has 24 heavy (non-hydrogen) atoms. The largest absolute Gasteiger partial charge is 0.504 e. The third kappa shape index (κ3) is 3.20. The SMILES string of the molecule is COc1ccc(C=Cc2ccc3cc(C(=O)O)ccc3n2)cc1O. The maximum atomic E-state index is 11.0. The molecule has 0 fully saturated rings. The van der Waals surface area contributed by atoms with Crippen molar-refractivity contribution >= 4 is 29.0 Å². The van der Waals surface area contributed by atoms with E-state index in [1.807, 2.05) is 30.4 Å². The molecule has 5 nitrogen and oxygen atoms in total. The minimum atomic E-state index is -0.958. The third-order valence-electron chi connectivity index (χ3n) is 3.61. The summed E-state index contributed by atoms with van der Waals surface area (Å²) in [6, 6.07) is 13.6. The number of hydrogen-bond acceptors (Lipinski definition) is 4. The van der Waals surface area contributed by atoms with E-state index in [2.05, 4.69) is 4.98 Å². The van der Waals surface area contributed by atoms with E-state index >= 15 is 0 Å². The molecule has 0 saturated carbocycles. The molecule has 0 aliphatic heterocycles.